The first-order valence-corrected chi connectivity index (χ1v) is 11.3. The maximum atomic E-state index is 12.0. The van der Waals surface area contributed by atoms with Crippen molar-refractivity contribution in [2.24, 2.45) is 4.99 Å². The van der Waals surface area contributed by atoms with Crippen LogP contribution >= 0.6 is 35.3 Å². The summed E-state index contributed by atoms with van der Waals surface area (Å²) in [6, 6.07) is 10.3. The third-order valence-electron chi connectivity index (χ3n) is 5.53. The molecule has 8 heteroatoms. The van der Waals surface area contributed by atoms with Gasteiger partial charge in [0.1, 0.15) is 0 Å². The van der Waals surface area contributed by atoms with Gasteiger partial charge in [-0.1, -0.05) is 18.2 Å². The monoisotopic (exact) mass is 539 g/mol. The summed E-state index contributed by atoms with van der Waals surface area (Å²) in [5.41, 5.74) is 3.57. The second kappa shape index (κ2) is 11.1. The second-order valence-electron chi connectivity index (χ2n) is 7.58. The highest BCUT2D eigenvalue weighted by molar-refractivity contribution is 14.0. The number of nitrogens with one attached hydrogen (secondary N) is 3. The van der Waals surface area contributed by atoms with Crippen molar-refractivity contribution in [2.75, 3.05) is 38.0 Å². The third-order valence-corrected chi connectivity index (χ3v) is 6.55. The molecule has 1 unspecified atom stereocenters. The van der Waals surface area contributed by atoms with Gasteiger partial charge >= 0.3 is 0 Å². The first kappa shape index (κ1) is 23.0. The number of anilines is 1. The topological polar surface area (TPSA) is 68.8 Å². The maximum Gasteiger partial charge on any atom is 0.225 e. The minimum atomic E-state index is 0. The average Bonchev–Trinajstić information content (AvgIpc) is 3.19. The highest BCUT2D eigenvalue weighted by atomic mass is 127. The van der Waals surface area contributed by atoms with Crippen molar-refractivity contribution >= 4 is 52.9 Å². The number of amides is 1. The zero-order valence-corrected chi connectivity index (χ0v) is 20.5. The summed E-state index contributed by atoms with van der Waals surface area (Å²) in [6.45, 7) is 7.50. The Morgan fingerprint density at radius 1 is 1.30 bits per heavy atom. The number of carbonyl (C=O) groups excluding carboxylic acids is 1. The number of nitrogens with zero attached hydrogens (tertiary/aromatic N) is 2. The van der Waals surface area contributed by atoms with Crippen molar-refractivity contribution in [3.63, 3.8) is 0 Å². The van der Waals surface area contributed by atoms with Gasteiger partial charge in [0, 0.05) is 55.6 Å². The van der Waals surface area contributed by atoms with Gasteiger partial charge in [0.05, 0.1) is 6.54 Å². The van der Waals surface area contributed by atoms with Crippen LogP contribution in [0.4, 0.5) is 5.69 Å². The summed E-state index contributed by atoms with van der Waals surface area (Å²) < 4.78 is 0. The van der Waals surface area contributed by atoms with Gasteiger partial charge in [-0.05, 0) is 42.0 Å². The molecular weight excluding hydrogens is 509 g/mol. The van der Waals surface area contributed by atoms with E-state index in [1.807, 2.05) is 29.5 Å². The fourth-order valence-corrected chi connectivity index (χ4v) is 4.93. The van der Waals surface area contributed by atoms with Crippen LogP contribution in [0, 0.1) is 0 Å². The van der Waals surface area contributed by atoms with Crippen LogP contribution < -0.4 is 16.0 Å². The molecule has 3 N–H and O–H groups in total. The molecule has 0 saturated heterocycles. The number of para-hydroxylation sites is 1. The lowest BCUT2D eigenvalue weighted by molar-refractivity contribution is -0.116. The Bertz CT molecular complexity index is 884. The molecule has 1 atom stereocenters. The van der Waals surface area contributed by atoms with E-state index in [0.717, 1.165) is 50.8 Å². The number of fused-ring (bicyclic) bond motifs is 2. The molecule has 0 bridgehead atoms. The Balaban J connectivity index is 0.00000256. The Kier molecular flexibility index (Phi) is 8.52. The number of benzene rings is 1. The number of aliphatic imine (C=N–C) groups is 1. The van der Waals surface area contributed by atoms with Crippen LogP contribution in [0.15, 0.2) is 40.7 Å². The predicted molar refractivity (Wildman–Crippen MR) is 135 cm³/mol. The van der Waals surface area contributed by atoms with Crippen molar-refractivity contribution in [1.29, 1.82) is 0 Å². The quantitative estimate of drug-likeness (QED) is 0.299. The molecule has 0 aliphatic carbocycles. The molecule has 162 valence electrons. The van der Waals surface area contributed by atoms with Crippen LogP contribution in [0.2, 0.25) is 0 Å². The molecule has 2 aliphatic rings. The molecule has 0 spiro atoms. The van der Waals surface area contributed by atoms with E-state index >= 15 is 0 Å². The van der Waals surface area contributed by atoms with Gasteiger partial charge in [0.2, 0.25) is 5.91 Å². The number of hydrogen-bond acceptors (Lipinski definition) is 4. The molecule has 2 aliphatic heterocycles. The predicted octanol–water partition coefficient (Wildman–Crippen LogP) is 3.41. The molecule has 4 rings (SSSR count). The zero-order valence-electron chi connectivity index (χ0n) is 17.3. The van der Waals surface area contributed by atoms with Crippen molar-refractivity contribution in [3.8, 4) is 0 Å². The van der Waals surface area contributed by atoms with Crippen molar-refractivity contribution in [3.05, 3.63) is 51.7 Å². The normalized spacial score (nSPS) is 18.6. The summed E-state index contributed by atoms with van der Waals surface area (Å²) in [5, 5.41) is 11.9. The highest BCUT2D eigenvalue weighted by Gasteiger charge is 2.24. The Morgan fingerprint density at radius 2 is 2.17 bits per heavy atom. The molecule has 30 heavy (non-hydrogen) atoms. The number of thiophene rings is 1. The average molecular weight is 539 g/mol. The van der Waals surface area contributed by atoms with Crippen molar-refractivity contribution < 1.29 is 4.79 Å². The Labute approximate surface area is 199 Å². The van der Waals surface area contributed by atoms with Gasteiger partial charge in [-0.25, -0.2) is 0 Å². The molecule has 3 heterocycles. The van der Waals surface area contributed by atoms with E-state index in [4.69, 9.17) is 4.99 Å². The minimum Gasteiger partial charge on any atom is -0.357 e. The number of carbonyl (C=O) groups is 1. The number of hydrogen-bond donors (Lipinski definition) is 3. The Hall–Kier alpha value is -1.65. The third kappa shape index (κ3) is 5.73. The summed E-state index contributed by atoms with van der Waals surface area (Å²) in [5.74, 6) is 1.01. The van der Waals surface area contributed by atoms with Crippen LogP contribution in [0.3, 0.4) is 0 Å². The van der Waals surface area contributed by atoms with E-state index in [1.165, 1.54) is 11.1 Å². The van der Waals surface area contributed by atoms with E-state index in [0.29, 0.717) is 13.0 Å². The van der Waals surface area contributed by atoms with Crippen LogP contribution in [-0.4, -0.2) is 49.5 Å². The minimum absolute atomic E-state index is 0. The molecule has 1 aromatic carbocycles. The molecule has 2 aromatic rings. The summed E-state index contributed by atoms with van der Waals surface area (Å²) in [4.78, 5) is 20.8. The van der Waals surface area contributed by atoms with Gasteiger partial charge in [-0.3, -0.25) is 14.7 Å². The standard InChI is InChI=1S/C22H29N5OS.HI/c1-2-23-22(24-9-11-27-10-7-20-16(15-27)8-12-29-20)25-14-17-13-21(28)26-19-6-4-3-5-18(17)19;/h3-6,8,12,17H,2,7,9-11,13-15H2,1H3,(H,26,28)(H2,23,24,25);1H. The number of halogens is 1. The lowest BCUT2D eigenvalue weighted by Crippen LogP contribution is -2.42. The first-order valence-electron chi connectivity index (χ1n) is 10.4. The molecule has 0 fully saturated rings. The molecule has 1 aromatic heterocycles. The SMILES string of the molecule is CCNC(=NCC1CC(=O)Nc2ccccc21)NCCN1CCc2sccc2C1.I. The lowest BCUT2D eigenvalue weighted by atomic mass is 9.91. The molecule has 1 amide bonds. The largest absolute Gasteiger partial charge is 0.357 e. The van der Waals surface area contributed by atoms with Gasteiger partial charge in [0.25, 0.3) is 0 Å². The van der Waals surface area contributed by atoms with Crippen LogP contribution in [0.25, 0.3) is 0 Å². The number of rotatable bonds is 6. The van der Waals surface area contributed by atoms with E-state index < -0.39 is 0 Å². The highest BCUT2D eigenvalue weighted by Crippen LogP contribution is 2.32. The van der Waals surface area contributed by atoms with Gasteiger partial charge < -0.3 is 16.0 Å². The summed E-state index contributed by atoms with van der Waals surface area (Å²) >= 11 is 1.88. The molecular formula is C22H30IN5OS. The van der Waals surface area contributed by atoms with Gasteiger partial charge in [0.15, 0.2) is 5.96 Å². The second-order valence-corrected chi connectivity index (χ2v) is 8.58. The van der Waals surface area contributed by atoms with E-state index in [1.54, 1.807) is 4.88 Å². The van der Waals surface area contributed by atoms with E-state index in [2.05, 4.69) is 45.3 Å². The Morgan fingerprint density at radius 3 is 3.03 bits per heavy atom. The van der Waals surface area contributed by atoms with Crippen molar-refractivity contribution in [2.45, 2.75) is 32.2 Å². The lowest BCUT2D eigenvalue weighted by Gasteiger charge is -2.27. The van der Waals surface area contributed by atoms with E-state index in [9.17, 15) is 4.79 Å². The fourth-order valence-electron chi connectivity index (χ4n) is 4.04. The van der Waals surface area contributed by atoms with Crippen LogP contribution in [0.5, 0.6) is 0 Å². The zero-order chi connectivity index (χ0) is 20.1. The maximum absolute atomic E-state index is 12.0. The number of guanidine groups is 1. The molecule has 0 saturated carbocycles. The summed E-state index contributed by atoms with van der Waals surface area (Å²) in [6.07, 6.45) is 1.64. The molecule has 0 radical (unpaired) electrons. The first-order chi connectivity index (χ1) is 14.2. The van der Waals surface area contributed by atoms with Crippen LogP contribution in [-0.2, 0) is 17.8 Å². The smallest absolute Gasteiger partial charge is 0.225 e. The van der Waals surface area contributed by atoms with Crippen LogP contribution in [0.1, 0.15) is 35.3 Å². The van der Waals surface area contributed by atoms with Gasteiger partial charge in [-0.15, -0.1) is 35.3 Å². The van der Waals surface area contributed by atoms with Crippen molar-refractivity contribution in [1.82, 2.24) is 15.5 Å². The van der Waals surface area contributed by atoms with E-state index in [-0.39, 0.29) is 35.8 Å². The fraction of sp³-hybridized carbons (Fsp3) is 0.455. The van der Waals surface area contributed by atoms with Gasteiger partial charge in [-0.2, -0.15) is 0 Å². The molecule has 6 nitrogen and oxygen atoms in total. The summed E-state index contributed by atoms with van der Waals surface area (Å²) in [7, 11) is 0.